The molecule has 12 nitrogen and oxygen atoms in total. The molecule has 0 aliphatic carbocycles. The van der Waals surface area contributed by atoms with Crippen LogP contribution in [0.3, 0.4) is 0 Å². The third-order valence-electron chi connectivity index (χ3n) is 3.33. The van der Waals surface area contributed by atoms with E-state index in [1.165, 1.54) is 11.4 Å². The van der Waals surface area contributed by atoms with E-state index in [4.69, 9.17) is 37.3 Å². The predicted octanol–water partition coefficient (Wildman–Crippen LogP) is -7.95. The first-order valence-corrected chi connectivity index (χ1v) is 10.8. The van der Waals surface area contributed by atoms with Gasteiger partial charge >= 0.3 is 0 Å². The lowest BCUT2D eigenvalue weighted by Crippen LogP contribution is -2.68. The zero-order chi connectivity index (χ0) is 24.2. The van der Waals surface area contributed by atoms with Gasteiger partial charge in [-0.05, 0) is 0 Å². The van der Waals surface area contributed by atoms with Gasteiger partial charge in [-0.2, -0.15) is 4.57 Å². The number of hydrogen-bond acceptors (Lipinski definition) is 10. The van der Waals surface area contributed by atoms with Crippen LogP contribution >= 0.6 is 0 Å². The lowest BCUT2D eigenvalue weighted by molar-refractivity contribution is -2.00. The summed E-state index contributed by atoms with van der Waals surface area (Å²) in [6, 6.07) is 8.44. The molecule has 31 heavy (non-hydrogen) atoms. The number of allylic oxidation sites excluding steroid dienone is 1. The number of rotatable bonds is 5. The van der Waals surface area contributed by atoms with Gasteiger partial charge in [0, 0.05) is 69.9 Å². The van der Waals surface area contributed by atoms with Crippen LogP contribution in [-0.2, 0) is 6.54 Å². The summed E-state index contributed by atoms with van der Waals surface area (Å²) in [5.74, 6) is 0. The Morgan fingerprint density at radius 3 is 1.32 bits per heavy atom. The van der Waals surface area contributed by atoms with Crippen LogP contribution in [0.4, 0.5) is 11.4 Å². The van der Waals surface area contributed by atoms with E-state index in [9.17, 15) is 0 Å². The number of hydrogen-bond donors (Lipinski definition) is 0. The molecule has 0 fully saturated rings. The van der Waals surface area contributed by atoms with Crippen LogP contribution < -0.4 is 56.2 Å². The quantitative estimate of drug-likeness (QED) is 0.368. The van der Waals surface area contributed by atoms with Gasteiger partial charge in [0.15, 0.2) is 37.5 Å². The zero-order valence-electron chi connectivity index (χ0n) is 17.3. The number of aromatic nitrogens is 2. The molecular weight excluding hydrogens is 459 g/mol. The first kappa shape index (κ1) is 28.9. The maximum absolute atomic E-state index is 8.49. The Balaban J connectivity index is 0.000000752. The molecule has 0 aromatic carbocycles. The fourth-order valence-corrected chi connectivity index (χ4v) is 1.99. The van der Waals surface area contributed by atoms with Crippen molar-refractivity contribution in [2.75, 3.05) is 38.0 Å². The third-order valence-corrected chi connectivity index (χ3v) is 3.33. The molecule has 0 amide bonds. The highest BCUT2D eigenvalue weighted by atomic mass is 35.7. The Bertz CT molecular complexity index is 753. The molecule has 0 spiro atoms. The van der Waals surface area contributed by atoms with Gasteiger partial charge in [0.1, 0.15) is 0 Å². The largest absolute Gasteiger partial charge is 0.377 e. The van der Waals surface area contributed by atoms with E-state index < -0.39 is 20.5 Å². The smallest absolute Gasteiger partial charge is 0.176 e. The summed E-state index contributed by atoms with van der Waals surface area (Å²) < 4.78 is 72.2. The monoisotopic (exact) mass is 482 g/mol. The molecule has 174 valence electrons. The van der Waals surface area contributed by atoms with E-state index in [0.717, 1.165) is 6.54 Å². The van der Waals surface area contributed by atoms with Crippen LogP contribution in [0, 0.1) is 20.5 Å². The molecular formula is C17H24Cl2N4O8. The van der Waals surface area contributed by atoms with E-state index in [0.29, 0.717) is 0 Å². The Labute approximate surface area is 184 Å². The summed E-state index contributed by atoms with van der Waals surface area (Å²) in [6.07, 6.45) is 12.5. The lowest BCUT2D eigenvalue weighted by atomic mass is 10.3. The molecule has 0 unspecified atom stereocenters. The molecule has 2 heterocycles. The molecule has 0 atom stereocenters. The Kier molecular flexibility index (Phi) is 12.4. The van der Waals surface area contributed by atoms with Crippen molar-refractivity contribution in [2.45, 2.75) is 6.54 Å². The van der Waals surface area contributed by atoms with Crippen molar-refractivity contribution < 1.29 is 66.9 Å². The van der Waals surface area contributed by atoms with Crippen molar-refractivity contribution in [1.82, 2.24) is 0 Å². The Morgan fingerprint density at radius 2 is 1.00 bits per heavy atom. The maximum Gasteiger partial charge on any atom is 0.176 e. The molecule has 0 saturated heterocycles. The summed E-state index contributed by atoms with van der Waals surface area (Å²) in [5.41, 5.74) is 2.41. The minimum Gasteiger partial charge on any atom is -0.377 e. The molecule has 0 bridgehead atoms. The SMILES string of the molecule is CN(C)c1cc[n+](/C=C/C[n+]2ccc(N(C)C)cc2)cc1.[O-][Cl+3]([O-])([O-])[O-].[O-][Cl+3]([O-])([O-])[O-]. The van der Waals surface area contributed by atoms with Gasteiger partial charge in [-0.25, -0.2) is 41.8 Å². The number of nitrogens with zero attached hydrogens (tertiary/aromatic N) is 4. The lowest BCUT2D eigenvalue weighted by Gasteiger charge is -2.17. The molecule has 14 heteroatoms. The van der Waals surface area contributed by atoms with Crippen LogP contribution in [0.15, 0.2) is 55.1 Å². The predicted molar refractivity (Wildman–Crippen MR) is 87.3 cm³/mol. The molecule has 0 aliphatic heterocycles. The van der Waals surface area contributed by atoms with E-state index in [-0.39, 0.29) is 0 Å². The van der Waals surface area contributed by atoms with Crippen LogP contribution in [0.2, 0.25) is 0 Å². The highest BCUT2D eigenvalue weighted by Crippen LogP contribution is 2.06. The Morgan fingerprint density at radius 1 is 0.677 bits per heavy atom. The first-order valence-electron chi connectivity index (χ1n) is 8.31. The molecule has 2 aromatic rings. The number of anilines is 2. The topological polar surface area (TPSA) is 199 Å². The Hall–Kier alpha value is -2.10. The zero-order valence-corrected chi connectivity index (χ0v) is 18.8. The summed E-state index contributed by atoms with van der Waals surface area (Å²) >= 11 is 0. The molecule has 2 aromatic heterocycles. The summed E-state index contributed by atoms with van der Waals surface area (Å²) in [7, 11) is -1.70. The van der Waals surface area contributed by atoms with Crippen molar-refractivity contribution in [3.63, 3.8) is 0 Å². The minimum absolute atomic E-state index is 0.857. The van der Waals surface area contributed by atoms with Crippen LogP contribution in [-0.4, -0.2) is 28.2 Å². The highest BCUT2D eigenvalue weighted by Gasteiger charge is 2.02. The van der Waals surface area contributed by atoms with E-state index in [1.54, 1.807) is 0 Å². The summed E-state index contributed by atoms with van der Waals surface area (Å²) in [6.45, 7) is 0.857. The van der Waals surface area contributed by atoms with Gasteiger partial charge in [-0.3, -0.25) is 0 Å². The fourth-order valence-electron chi connectivity index (χ4n) is 1.99. The molecule has 0 saturated carbocycles. The summed E-state index contributed by atoms with van der Waals surface area (Å²) in [4.78, 5) is 4.19. The average molecular weight is 483 g/mol. The second kappa shape index (κ2) is 13.3. The third kappa shape index (κ3) is 18.4. The van der Waals surface area contributed by atoms with Crippen molar-refractivity contribution in [3.05, 3.63) is 55.1 Å². The molecule has 0 N–H and O–H groups in total. The van der Waals surface area contributed by atoms with E-state index in [2.05, 4.69) is 80.3 Å². The van der Waals surface area contributed by atoms with Crippen LogP contribution in [0.5, 0.6) is 0 Å². The van der Waals surface area contributed by atoms with Crippen LogP contribution in [0.1, 0.15) is 0 Å². The van der Waals surface area contributed by atoms with Gasteiger partial charge in [0.25, 0.3) is 0 Å². The van der Waals surface area contributed by atoms with E-state index in [1.807, 2.05) is 28.2 Å². The van der Waals surface area contributed by atoms with Crippen molar-refractivity contribution >= 4 is 17.6 Å². The van der Waals surface area contributed by atoms with Gasteiger partial charge < -0.3 is 9.80 Å². The molecule has 0 aliphatic rings. The second-order valence-electron chi connectivity index (χ2n) is 6.19. The maximum atomic E-state index is 8.49. The summed E-state index contributed by atoms with van der Waals surface area (Å²) in [5, 5.41) is 0. The van der Waals surface area contributed by atoms with Gasteiger partial charge in [0.05, 0.1) is 0 Å². The van der Waals surface area contributed by atoms with Crippen molar-refractivity contribution in [3.8, 4) is 0 Å². The minimum atomic E-state index is -4.94. The highest BCUT2D eigenvalue weighted by molar-refractivity contribution is 5.42. The second-order valence-corrected chi connectivity index (χ2v) is 7.70. The van der Waals surface area contributed by atoms with Crippen molar-refractivity contribution in [2.24, 2.45) is 0 Å². The molecule has 0 radical (unpaired) electrons. The van der Waals surface area contributed by atoms with Crippen molar-refractivity contribution in [1.29, 1.82) is 0 Å². The standard InChI is InChI=1S/C17H24N4.2ClHO4/c1-18(2)16-6-12-20(13-7-16)10-5-11-21-14-8-17(9-15-21)19(3)4;2*2-1(3,4)5/h5-10,12-15H,11H2,1-4H3;2*(H,2,3,4,5)/q+2;;/p-2/b10-5+;;. The molecule has 2 rings (SSSR count). The van der Waals surface area contributed by atoms with Gasteiger partial charge in [0.2, 0.25) is 0 Å². The number of halogens is 2. The first-order chi connectivity index (χ1) is 14.1. The fraction of sp³-hybridized carbons (Fsp3) is 0.294. The average Bonchev–Trinajstić information content (AvgIpc) is 2.60. The van der Waals surface area contributed by atoms with E-state index >= 15 is 0 Å². The van der Waals surface area contributed by atoms with Crippen LogP contribution in [0.25, 0.3) is 6.20 Å². The van der Waals surface area contributed by atoms with Gasteiger partial charge in [-0.1, -0.05) is 0 Å². The van der Waals surface area contributed by atoms with Gasteiger partial charge in [-0.15, -0.1) is 20.5 Å². The normalized spacial score (nSPS) is 11.2. The number of pyridine rings is 2.